The number of benzene rings is 1. The second-order valence-corrected chi connectivity index (χ2v) is 8.14. The number of aryl methyl sites for hydroxylation is 1. The number of nitrogens with one attached hydrogen (secondary N) is 1. The fraction of sp³-hybridized carbons (Fsp3) is 0.348. The van der Waals surface area contributed by atoms with E-state index in [0.29, 0.717) is 27.3 Å². The van der Waals surface area contributed by atoms with Gasteiger partial charge in [-0.3, -0.25) is 4.79 Å². The number of thioether (sulfide) groups is 1. The Bertz CT molecular complexity index is 1150. The van der Waals surface area contributed by atoms with Gasteiger partial charge in [0, 0.05) is 11.1 Å². The molecule has 0 aliphatic heterocycles. The maximum Gasteiger partial charge on any atom is 0.196 e. The number of rotatable bonds is 5. The van der Waals surface area contributed by atoms with E-state index in [1.165, 1.54) is 11.8 Å². The van der Waals surface area contributed by atoms with Crippen LogP contribution < -0.4 is 10.7 Å². The smallest absolute Gasteiger partial charge is 0.196 e. The second kappa shape index (κ2) is 10.5. The van der Waals surface area contributed by atoms with Crippen molar-refractivity contribution in [3.63, 3.8) is 0 Å². The summed E-state index contributed by atoms with van der Waals surface area (Å²) in [5, 5.41) is 14.1. The number of anilines is 1. The Morgan fingerprint density at radius 1 is 1.30 bits per heavy atom. The van der Waals surface area contributed by atoms with Gasteiger partial charge in [-0.25, -0.2) is 4.98 Å². The highest BCUT2D eigenvalue weighted by Crippen LogP contribution is 2.32. The molecule has 0 bridgehead atoms. The molecule has 3 aromatic rings. The van der Waals surface area contributed by atoms with Crippen LogP contribution in [0.5, 0.6) is 0 Å². The van der Waals surface area contributed by atoms with Gasteiger partial charge in [-0.1, -0.05) is 50.2 Å². The van der Waals surface area contributed by atoms with Crippen LogP contribution >= 0.6 is 23.4 Å². The molecule has 0 saturated carbocycles. The molecule has 1 aromatic carbocycles. The first-order valence-corrected chi connectivity index (χ1v) is 11.3. The van der Waals surface area contributed by atoms with Gasteiger partial charge in [0.1, 0.15) is 16.8 Å². The van der Waals surface area contributed by atoms with Crippen molar-refractivity contribution in [2.75, 3.05) is 11.1 Å². The average molecular weight is 444 g/mol. The second-order valence-electron chi connectivity index (χ2n) is 6.52. The molecular weight excluding hydrogens is 418 g/mol. The summed E-state index contributed by atoms with van der Waals surface area (Å²) in [5.41, 5.74) is 3.79. The molecule has 1 N–H and O–H groups in total. The third-order valence-electron chi connectivity index (χ3n) is 4.43. The number of fused-ring (bicyclic) bond motifs is 1. The van der Waals surface area contributed by atoms with Crippen LogP contribution in [-0.4, -0.2) is 10.7 Å². The number of hydrogen-bond donors (Lipinski definition) is 1. The van der Waals surface area contributed by atoms with E-state index >= 15 is 0 Å². The van der Waals surface area contributed by atoms with E-state index in [1.54, 1.807) is 19.1 Å². The largest absolute Gasteiger partial charge is 0.449 e. The normalized spacial score (nSPS) is 11.4. The Kier molecular flexibility index (Phi) is 8.33. The summed E-state index contributed by atoms with van der Waals surface area (Å²) in [6.45, 7) is 11.7. The van der Waals surface area contributed by atoms with Gasteiger partial charge < -0.3 is 9.73 Å². The number of nitrogens with zero attached hydrogens (tertiary/aromatic N) is 2. The highest BCUT2D eigenvalue weighted by Gasteiger charge is 2.19. The first-order valence-electron chi connectivity index (χ1n) is 9.89. The Labute approximate surface area is 186 Å². The minimum Gasteiger partial charge on any atom is -0.449 e. The molecule has 1 atom stereocenters. The maximum absolute atomic E-state index is 12.9. The van der Waals surface area contributed by atoms with E-state index in [4.69, 9.17) is 16.0 Å². The van der Waals surface area contributed by atoms with E-state index in [9.17, 15) is 10.1 Å². The molecule has 0 amide bonds. The van der Waals surface area contributed by atoms with Crippen molar-refractivity contribution in [1.82, 2.24) is 4.98 Å². The Hall–Kier alpha value is -2.49. The standard InChI is InChI=1S/C21H20ClN3O2S.C2H6/c1-5-28-21-12(3)19(26)15-9-11(2)8-14(20(15)27-21)13(4)24-16-6-7-18(22)25-17(16)10-23;1-2/h6-9,13,24H,5H2,1-4H3;1-2H3. The summed E-state index contributed by atoms with van der Waals surface area (Å²) in [4.78, 5) is 16.9. The summed E-state index contributed by atoms with van der Waals surface area (Å²) in [6.07, 6.45) is 0. The van der Waals surface area contributed by atoms with Crippen molar-refractivity contribution in [1.29, 1.82) is 5.26 Å². The zero-order chi connectivity index (χ0) is 22.4. The van der Waals surface area contributed by atoms with Crippen molar-refractivity contribution in [3.05, 3.63) is 62.0 Å². The maximum atomic E-state index is 12.9. The molecule has 30 heavy (non-hydrogen) atoms. The lowest BCUT2D eigenvalue weighted by molar-refractivity contribution is 0.488. The lowest BCUT2D eigenvalue weighted by Gasteiger charge is -2.19. The van der Waals surface area contributed by atoms with Crippen LogP contribution in [0.4, 0.5) is 5.69 Å². The number of hydrogen-bond acceptors (Lipinski definition) is 6. The van der Waals surface area contributed by atoms with Crippen LogP contribution in [-0.2, 0) is 0 Å². The molecule has 0 aliphatic carbocycles. The lowest BCUT2D eigenvalue weighted by Crippen LogP contribution is -2.13. The number of halogens is 1. The Morgan fingerprint density at radius 3 is 2.63 bits per heavy atom. The summed E-state index contributed by atoms with van der Waals surface area (Å²) < 4.78 is 6.16. The number of pyridine rings is 1. The summed E-state index contributed by atoms with van der Waals surface area (Å²) >= 11 is 7.40. The van der Waals surface area contributed by atoms with Crippen molar-refractivity contribution in [2.24, 2.45) is 0 Å². The van der Waals surface area contributed by atoms with Gasteiger partial charge >= 0.3 is 0 Å². The molecule has 0 fully saturated rings. The average Bonchev–Trinajstić information content (AvgIpc) is 2.74. The van der Waals surface area contributed by atoms with Crippen molar-refractivity contribution in [2.45, 2.75) is 52.7 Å². The van der Waals surface area contributed by atoms with E-state index < -0.39 is 0 Å². The Balaban J connectivity index is 0.00000155. The SMILES string of the molecule is CC.CCSc1oc2c(C(C)Nc3ccc(Cl)nc3C#N)cc(C)cc2c(=O)c1C. The lowest BCUT2D eigenvalue weighted by atomic mass is 10.0. The summed E-state index contributed by atoms with van der Waals surface area (Å²) in [7, 11) is 0. The Morgan fingerprint density at radius 2 is 2.00 bits per heavy atom. The van der Waals surface area contributed by atoms with E-state index in [1.807, 2.05) is 52.8 Å². The molecule has 5 nitrogen and oxygen atoms in total. The van der Waals surface area contributed by atoms with Gasteiger partial charge in [0.25, 0.3) is 0 Å². The molecule has 0 saturated heterocycles. The molecular formula is C23H26ClN3O2S. The molecule has 0 spiro atoms. The van der Waals surface area contributed by atoms with Crippen molar-refractivity contribution in [3.8, 4) is 6.07 Å². The van der Waals surface area contributed by atoms with Gasteiger partial charge in [0.15, 0.2) is 16.2 Å². The first-order chi connectivity index (χ1) is 14.3. The van der Waals surface area contributed by atoms with Crippen molar-refractivity contribution >= 4 is 40.0 Å². The fourth-order valence-corrected chi connectivity index (χ4v) is 3.95. The van der Waals surface area contributed by atoms with Gasteiger partial charge in [0.05, 0.1) is 17.1 Å². The molecule has 7 heteroatoms. The van der Waals surface area contributed by atoms with Gasteiger partial charge in [0.2, 0.25) is 0 Å². The van der Waals surface area contributed by atoms with Crippen LogP contribution in [0.1, 0.15) is 56.1 Å². The summed E-state index contributed by atoms with van der Waals surface area (Å²) in [6, 6.07) is 9.03. The third-order valence-corrected chi connectivity index (χ3v) is 5.58. The van der Waals surface area contributed by atoms with Crippen LogP contribution in [0.3, 0.4) is 0 Å². The van der Waals surface area contributed by atoms with Crippen LogP contribution in [0, 0.1) is 25.2 Å². The van der Waals surface area contributed by atoms with Crippen LogP contribution in [0.15, 0.2) is 38.6 Å². The first kappa shape index (κ1) is 23.8. The zero-order valence-electron chi connectivity index (χ0n) is 18.1. The minimum absolute atomic E-state index is 0.0137. The van der Waals surface area contributed by atoms with Crippen LogP contribution in [0.25, 0.3) is 11.0 Å². The van der Waals surface area contributed by atoms with Gasteiger partial charge in [-0.05, 0) is 50.3 Å². The molecule has 0 radical (unpaired) electrons. The summed E-state index contributed by atoms with van der Waals surface area (Å²) in [5.74, 6) is 0.812. The van der Waals surface area contributed by atoms with Gasteiger partial charge in [-0.15, -0.1) is 0 Å². The van der Waals surface area contributed by atoms with Gasteiger partial charge in [-0.2, -0.15) is 5.26 Å². The quantitative estimate of drug-likeness (QED) is 0.351. The fourth-order valence-electron chi connectivity index (χ4n) is 3.09. The highest BCUT2D eigenvalue weighted by molar-refractivity contribution is 7.99. The number of aromatic nitrogens is 1. The third kappa shape index (κ3) is 4.97. The highest BCUT2D eigenvalue weighted by atomic mass is 35.5. The molecule has 1 unspecified atom stereocenters. The monoisotopic (exact) mass is 443 g/mol. The molecule has 3 rings (SSSR count). The molecule has 0 aliphatic rings. The molecule has 2 aromatic heterocycles. The molecule has 2 heterocycles. The van der Waals surface area contributed by atoms with E-state index in [2.05, 4.69) is 10.3 Å². The van der Waals surface area contributed by atoms with E-state index in [0.717, 1.165) is 16.9 Å². The predicted molar refractivity (Wildman–Crippen MR) is 126 cm³/mol. The van der Waals surface area contributed by atoms with Crippen molar-refractivity contribution < 1.29 is 4.42 Å². The predicted octanol–water partition coefficient (Wildman–Crippen LogP) is 6.64. The topological polar surface area (TPSA) is 78.9 Å². The number of nitriles is 1. The van der Waals surface area contributed by atoms with Crippen LogP contribution in [0.2, 0.25) is 5.15 Å². The molecule has 158 valence electrons. The minimum atomic E-state index is -0.220. The zero-order valence-corrected chi connectivity index (χ0v) is 19.7. The van der Waals surface area contributed by atoms with E-state index in [-0.39, 0.29) is 22.3 Å².